The number of ether oxygens (including phenoxy) is 2. The zero-order valence-corrected chi connectivity index (χ0v) is 19.4. The highest BCUT2D eigenvalue weighted by atomic mass is 16.6. The van der Waals surface area contributed by atoms with Crippen molar-refractivity contribution in [3.63, 3.8) is 0 Å². The van der Waals surface area contributed by atoms with Crippen LogP contribution in [0.15, 0.2) is 30.3 Å². The van der Waals surface area contributed by atoms with E-state index in [2.05, 4.69) is 16.0 Å². The first kappa shape index (κ1) is 28.0. The van der Waals surface area contributed by atoms with Crippen LogP contribution in [0.4, 0.5) is 4.79 Å². The summed E-state index contributed by atoms with van der Waals surface area (Å²) in [5.41, 5.74) is 5.91. The van der Waals surface area contributed by atoms with Crippen LogP contribution in [-0.4, -0.2) is 81.9 Å². The molecule has 13 nitrogen and oxygen atoms in total. The molecule has 8 N–H and O–H groups in total. The Morgan fingerprint density at radius 2 is 1.69 bits per heavy atom. The van der Waals surface area contributed by atoms with Gasteiger partial charge >= 0.3 is 6.09 Å². The van der Waals surface area contributed by atoms with Crippen molar-refractivity contribution in [2.45, 2.75) is 76.0 Å². The molecule has 35 heavy (non-hydrogen) atoms. The second kappa shape index (κ2) is 13.0. The van der Waals surface area contributed by atoms with E-state index in [1.54, 1.807) is 24.3 Å². The number of nitrogens with one attached hydrogen (secondary N) is 3. The smallest absolute Gasteiger partial charge is 0.408 e. The number of alkyl carbamates (subject to hydrolysis) is 1. The number of hydrogen-bond donors (Lipinski definition) is 7. The lowest BCUT2D eigenvalue weighted by molar-refractivity contribution is -0.224. The minimum atomic E-state index is -1.64. The Hall–Kier alpha value is -3.26. The van der Waals surface area contributed by atoms with Crippen LogP contribution in [0.1, 0.15) is 32.3 Å². The molecule has 0 radical (unpaired) electrons. The summed E-state index contributed by atoms with van der Waals surface area (Å²) in [5, 5.41) is 36.9. The van der Waals surface area contributed by atoms with Crippen molar-refractivity contribution in [3.05, 3.63) is 35.9 Å². The van der Waals surface area contributed by atoms with Crippen LogP contribution in [0.2, 0.25) is 0 Å². The quantitative estimate of drug-likeness (QED) is 0.191. The van der Waals surface area contributed by atoms with Gasteiger partial charge < -0.3 is 46.5 Å². The van der Waals surface area contributed by atoms with E-state index < -0.39 is 66.5 Å². The maximum atomic E-state index is 12.8. The van der Waals surface area contributed by atoms with Crippen molar-refractivity contribution >= 4 is 23.8 Å². The normalized spacial score (nSPS) is 25.6. The first-order chi connectivity index (χ1) is 16.5. The van der Waals surface area contributed by atoms with Crippen molar-refractivity contribution in [1.29, 1.82) is 0 Å². The molecule has 1 aliphatic rings. The van der Waals surface area contributed by atoms with Crippen LogP contribution in [0.5, 0.6) is 0 Å². The highest BCUT2D eigenvalue weighted by Crippen LogP contribution is 2.19. The fraction of sp³-hybridized carbons (Fsp3) is 0.545. The molecule has 7 atom stereocenters. The van der Waals surface area contributed by atoms with Gasteiger partial charge in [-0.1, -0.05) is 30.3 Å². The Balaban J connectivity index is 1.95. The fourth-order valence-corrected chi connectivity index (χ4v) is 3.27. The van der Waals surface area contributed by atoms with Gasteiger partial charge in [0, 0.05) is 6.42 Å². The maximum Gasteiger partial charge on any atom is 0.408 e. The highest BCUT2D eigenvalue weighted by molar-refractivity contribution is 5.91. The monoisotopic (exact) mass is 496 g/mol. The molecule has 4 amide bonds. The van der Waals surface area contributed by atoms with Crippen LogP contribution >= 0.6 is 0 Å². The minimum Gasteiger partial charge on any atom is -0.445 e. The molecular formula is C22H32N4O9. The molecule has 194 valence electrons. The van der Waals surface area contributed by atoms with Gasteiger partial charge in [0.05, 0.1) is 6.10 Å². The van der Waals surface area contributed by atoms with Crippen molar-refractivity contribution in [1.82, 2.24) is 16.0 Å². The Kier molecular flexibility index (Phi) is 10.4. The molecule has 1 fully saturated rings. The molecule has 0 aromatic heterocycles. The molecule has 1 saturated heterocycles. The lowest BCUT2D eigenvalue weighted by Crippen LogP contribution is -2.63. The van der Waals surface area contributed by atoms with E-state index in [4.69, 9.17) is 15.2 Å². The minimum absolute atomic E-state index is 0.00661. The Labute approximate surface area is 202 Å². The molecule has 13 heteroatoms. The van der Waals surface area contributed by atoms with Crippen molar-refractivity contribution in [3.8, 4) is 0 Å². The standard InChI is InChI=1S/C22H32N4O9/c1-11(24-22(33)34-10-13-6-4-3-5-7-13)19(31)25-14(8-9-15(23)27)20(32)26-21-18(30)17(29)16(28)12(2)35-21/h3-7,11-12,14,16-18,21,28-30H,8-10H2,1-2H3,(H2,23,27)(H,24,33)(H,25,31)(H,26,32)/t11-,12+,14-,16-,17-,18+,21+/m1/s1. The Morgan fingerprint density at radius 1 is 1.03 bits per heavy atom. The first-order valence-electron chi connectivity index (χ1n) is 11.1. The second-order valence-corrected chi connectivity index (χ2v) is 8.24. The Morgan fingerprint density at radius 3 is 2.31 bits per heavy atom. The molecule has 0 spiro atoms. The van der Waals surface area contributed by atoms with Gasteiger partial charge in [0.15, 0.2) is 6.23 Å². The number of carbonyl (C=O) groups excluding carboxylic acids is 4. The van der Waals surface area contributed by atoms with Crippen molar-refractivity contribution in [2.24, 2.45) is 5.73 Å². The fourth-order valence-electron chi connectivity index (χ4n) is 3.27. The molecule has 1 aliphatic heterocycles. The summed E-state index contributed by atoms with van der Waals surface area (Å²) in [6.07, 6.45) is -8.14. The second-order valence-electron chi connectivity index (χ2n) is 8.24. The molecule has 2 rings (SSSR count). The average molecular weight is 497 g/mol. The van der Waals surface area contributed by atoms with Crippen LogP contribution < -0.4 is 21.7 Å². The van der Waals surface area contributed by atoms with E-state index in [9.17, 15) is 34.5 Å². The van der Waals surface area contributed by atoms with Crippen LogP contribution in [0, 0.1) is 0 Å². The molecule has 1 aromatic carbocycles. The summed E-state index contributed by atoms with van der Waals surface area (Å²) < 4.78 is 10.4. The first-order valence-corrected chi connectivity index (χ1v) is 11.1. The third-order valence-corrected chi connectivity index (χ3v) is 5.39. The van der Waals surface area contributed by atoms with Gasteiger partial charge in [-0.15, -0.1) is 0 Å². The SMILES string of the molecule is C[C@@H]1O[C@H](NC(=O)[C@@H](CCC(N)=O)NC(=O)[C@@H](C)NC(=O)OCc2ccccc2)[C@@H](O)[C@H](O)[C@@H]1O. The Bertz CT molecular complexity index is 885. The van der Waals surface area contributed by atoms with Gasteiger partial charge in [-0.25, -0.2) is 4.79 Å². The van der Waals surface area contributed by atoms with E-state index in [-0.39, 0.29) is 19.4 Å². The molecule has 1 aromatic rings. The number of rotatable bonds is 10. The highest BCUT2D eigenvalue weighted by Gasteiger charge is 2.43. The van der Waals surface area contributed by atoms with Crippen molar-refractivity contribution in [2.75, 3.05) is 0 Å². The zero-order valence-electron chi connectivity index (χ0n) is 19.4. The third-order valence-electron chi connectivity index (χ3n) is 5.39. The predicted octanol–water partition coefficient (Wildman–Crippen LogP) is -2.00. The van der Waals surface area contributed by atoms with E-state index >= 15 is 0 Å². The van der Waals surface area contributed by atoms with Gasteiger partial charge in [-0.05, 0) is 25.8 Å². The van der Waals surface area contributed by atoms with Crippen LogP contribution in [-0.2, 0) is 30.5 Å². The third kappa shape index (κ3) is 8.47. The predicted molar refractivity (Wildman–Crippen MR) is 120 cm³/mol. The lowest BCUT2D eigenvalue weighted by Gasteiger charge is -2.39. The number of amides is 4. The summed E-state index contributed by atoms with van der Waals surface area (Å²) in [7, 11) is 0. The molecule has 0 bridgehead atoms. The lowest BCUT2D eigenvalue weighted by atomic mass is 9.98. The molecule has 0 aliphatic carbocycles. The summed E-state index contributed by atoms with van der Waals surface area (Å²) in [6, 6.07) is 6.52. The molecule has 0 unspecified atom stereocenters. The number of aliphatic hydroxyl groups excluding tert-OH is 3. The van der Waals surface area contributed by atoms with Crippen molar-refractivity contribution < 1.29 is 44.0 Å². The number of nitrogens with two attached hydrogens (primary N) is 1. The summed E-state index contributed by atoms with van der Waals surface area (Å²) >= 11 is 0. The van der Waals surface area contributed by atoms with E-state index in [1.807, 2.05) is 6.07 Å². The number of primary amides is 1. The average Bonchev–Trinajstić information content (AvgIpc) is 2.82. The van der Waals surface area contributed by atoms with E-state index in [1.165, 1.54) is 13.8 Å². The van der Waals surface area contributed by atoms with Gasteiger partial charge in [0.2, 0.25) is 17.7 Å². The molecule has 1 heterocycles. The van der Waals surface area contributed by atoms with E-state index in [0.717, 1.165) is 5.56 Å². The van der Waals surface area contributed by atoms with Gasteiger partial charge in [-0.2, -0.15) is 0 Å². The van der Waals surface area contributed by atoms with E-state index in [0.29, 0.717) is 0 Å². The number of aliphatic hydroxyl groups is 3. The number of hydrogen-bond acceptors (Lipinski definition) is 9. The van der Waals surface area contributed by atoms with Gasteiger partial charge in [0.1, 0.15) is 37.0 Å². The van der Waals surface area contributed by atoms with Crippen LogP contribution in [0.25, 0.3) is 0 Å². The van der Waals surface area contributed by atoms with Gasteiger partial charge in [0.25, 0.3) is 0 Å². The summed E-state index contributed by atoms with van der Waals surface area (Å²) in [4.78, 5) is 48.6. The topological polar surface area (TPSA) is 210 Å². The summed E-state index contributed by atoms with van der Waals surface area (Å²) in [5.74, 6) is -2.30. The number of carbonyl (C=O) groups is 4. The molecule has 0 saturated carbocycles. The largest absolute Gasteiger partial charge is 0.445 e. The van der Waals surface area contributed by atoms with Gasteiger partial charge in [-0.3, -0.25) is 14.4 Å². The summed E-state index contributed by atoms with van der Waals surface area (Å²) in [6.45, 7) is 2.80. The zero-order chi connectivity index (χ0) is 26.1. The molecular weight excluding hydrogens is 464 g/mol. The number of benzene rings is 1. The van der Waals surface area contributed by atoms with Crippen LogP contribution in [0.3, 0.4) is 0 Å². The maximum absolute atomic E-state index is 12.8.